The summed E-state index contributed by atoms with van der Waals surface area (Å²) < 4.78 is 5.78. The van der Waals surface area contributed by atoms with Crippen molar-refractivity contribution >= 4 is 40.7 Å². The van der Waals surface area contributed by atoms with E-state index in [9.17, 15) is 4.79 Å². The third-order valence-corrected chi connectivity index (χ3v) is 6.90. The zero-order valence-electron chi connectivity index (χ0n) is 16.4. The van der Waals surface area contributed by atoms with E-state index in [0.29, 0.717) is 22.1 Å². The number of nitrogens with zero attached hydrogens (tertiary/aromatic N) is 1. The van der Waals surface area contributed by atoms with Crippen LogP contribution < -0.4 is 5.32 Å². The van der Waals surface area contributed by atoms with Gasteiger partial charge in [-0.15, -0.1) is 0 Å². The third-order valence-electron chi connectivity index (χ3n) is 5.56. The summed E-state index contributed by atoms with van der Waals surface area (Å²) in [6.45, 7) is 0. The maximum atomic E-state index is 12.8. The SMILES string of the molecule is O=C(NC1CCCCC1)c1ccc2c(c1)N=C(c1cccc(Cl)c1)c1occc1S2. The lowest BCUT2D eigenvalue weighted by molar-refractivity contribution is 0.0927. The summed E-state index contributed by atoms with van der Waals surface area (Å²) in [5, 5.41) is 3.83. The lowest BCUT2D eigenvalue weighted by Crippen LogP contribution is -2.36. The Hall–Kier alpha value is -2.50. The predicted octanol–water partition coefficient (Wildman–Crippen LogP) is 6.63. The number of hydrogen-bond acceptors (Lipinski definition) is 4. The summed E-state index contributed by atoms with van der Waals surface area (Å²) in [6, 6.07) is 15.5. The highest BCUT2D eigenvalue weighted by Gasteiger charge is 2.23. The van der Waals surface area contributed by atoms with Crippen LogP contribution in [0, 0.1) is 0 Å². The van der Waals surface area contributed by atoms with E-state index >= 15 is 0 Å². The van der Waals surface area contributed by atoms with Crippen molar-refractivity contribution in [2.45, 2.75) is 47.9 Å². The molecular formula is C24H21ClN2O2S. The van der Waals surface area contributed by atoms with Crippen molar-refractivity contribution in [3.05, 3.63) is 76.7 Å². The van der Waals surface area contributed by atoms with Crippen LogP contribution in [0.1, 0.15) is 53.8 Å². The van der Waals surface area contributed by atoms with E-state index in [4.69, 9.17) is 21.0 Å². The van der Waals surface area contributed by atoms with Gasteiger partial charge in [-0.05, 0) is 49.2 Å². The molecule has 152 valence electrons. The van der Waals surface area contributed by atoms with E-state index in [0.717, 1.165) is 33.9 Å². The standard InChI is InChI=1S/C24H21ClN2O2S/c25-17-6-4-5-15(13-17)22-23-21(11-12-29-23)30-20-10-9-16(14-19(20)27-22)24(28)26-18-7-2-1-3-8-18/h4-6,9-14,18H,1-3,7-8H2,(H,26,28). The van der Waals surface area contributed by atoms with Crippen molar-refractivity contribution in [3.8, 4) is 0 Å². The van der Waals surface area contributed by atoms with Gasteiger partial charge in [-0.3, -0.25) is 4.79 Å². The molecule has 1 fully saturated rings. The monoisotopic (exact) mass is 436 g/mol. The fraction of sp³-hybridized carbons (Fsp3) is 0.250. The van der Waals surface area contributed by atoms with Crippen LogP contribution in [0.15, 0.2) is 74.0 Å². The summed E-state index contributed by atoms with van der Waals surface area (Å²) in [6.07, 6.45) is 7.42. The number of fused-ring (bicyclic) bond motifs is 2. The average Bonchev–Trinajstić information content (AvgIpc) is 3.15. The second-order valence-corrected chi connectivity index (χ2v) is 9.20. The fourth-order valence-electron chi connectivity index (χ4n) is 4.02. The van der Waals surface area contributed by atoms with E-state index in [1.54, 1.807) is 18.0 Å². The molecule has 30 heavy (non-hydrogen) atoms. The molecule has 1 aromatic heterocycles. The van der Waals surface area contributed by atoms with Crippen LogP contribution in [-0.2, 0) is 0 Å². The van der Waals surface area contributed by atoms with Crippen LogP contribution >= 0.6 is 23.4 Å². The van der Waals surface area contributed by atoms with E-state index in [1.807, 2.05) is 48.5 Å². The van der Waals surface area contributed by atoms with Crippen molar-refractivity contribution in [3.63, 3.8) is 0 Å². The van der Waals surface area contributed by atoms with Gasteiger partial charge in [0.1, 0.15) is 5.71 Å². The molecule has 2 heterocycles. The lowest BCUT2D eigenvalue weighted by atomic mass is 9.95. The zero-order chi connectivity index (χ0) is 20.5. The smallest absolute Gasteiger partial charge is 0.251 e. The molecule has 4 nitrogen and oxygen atoms in total. The number of rotatable bonds is 3. The number of aliphatic imine (C=N–C) groups is 1. The molecule has 1 amide bonds. The van der Waals surface area contributed by atoms with Gasteiger partial charge in [0, 0.05) is 27.1 Å². The van der Waals surface area contributed by atoms with Crippen molar-refractivity contribution < 1.29 is 9.21 Å². The van der Waals surface area contributed by atoms with Crippen molar-refractivity contribution in [1.29, 1.82) is 0 Å². The third kappa shape index (κ3) is 3.92. The number of carbonyl (C=O) groups excluding carboxylic acids is 1. The van der Waals surface area contributed by atoms with Crippen molar-refractivity contribution in [2.24, 2.45) is 4.99 Å². The number of carbonyl (C=O) groups is 1. The number of hydrogen-bond donors (Lipinski definition) is 1. The minimum Gasteiger partial charge on any atom is -0.461 e. The maximum absolute atomic E-state index is 12.8. The van der Waals surface area contributed by atoms with E-state index in [1.165, 1.54) is 19.3 Å². The summed E-state index contributed by atoms with van der Waals surface area (Å²) in [7, 11) is 0. The topological polar surface area (TPSA) is 54.6 Å². The molecular weight excluding hydrogens is 416 g/mol. The van der Waals surface area contributed by atoms with E-state index in [2.05, 4.69) is 5.32 Å². The first-order chi connectivity index (χ1) is 14.7. The second kappa shape index (κ2) is 8.32. The Morgan fingerprint density at radius 1 is 1.07 bits per heavy atom. The van der Waals surface area contributed by atoms with Gasteiger partial charge in [0.2, 0.25) is 0 Å². The molecule has 0 saturated heterocycles. The van der Waals surface area contributed by atoms with Gasteiger partial charge in [0.15, 0.2) is 5.76 Å². The van der Waals surface area contributed by atoms with Crippen LogP contribution in [0.2, 0.25) is 5.02 Å². The number of benzene rings is 2. The molecule has 0 bridgehead atoms. The molecule has 6 heteroatoms. The Morgan fingerprint density at radius 2 is 1.93 bits per heavy atom. The van der Waals surface area contributed by atoms with Crippen molar-refractivity contribution in [2.75, 3.05) is 0 Å². The first-order valence-electron chi connectivity index (χ1n) is 10.2. The summed E-state index contributed by atoms with van der Waals surface area (Å²) >= 11 is 7.82. The van der Waals surface area contributed by atoms with Gasteiger partial charge in [-0.2, -0.15) is 0 Å². The molecule has 2 aliphatic rings. The molecule has 1 aliphatic carbocycles. The average molecular weight is 437 g/mol. The summed E-state index contributed by atoms with van der Waals surface area (Å²) in [5.74, 6) is 0.682. The van der Waals surface area contributed by atoms with Crippen LogP contribution in [-0.4, -0.2) is 17.7 Å². The Kier molecular flexibility index (Phi) is 5.40. The molecule has 0 atom stereocenters. The minimum atomic E-state index is -0.0323. The van der Waals surface area contributed by atoms with Gasteiger partial charge in [0.05, 0.1) is 16.8 Å². The Labute approximate surface area is 184 Å². The van der Waals surface area contributed by atoms with E-state index in [-0.39, 0.29) is 11.9 Å². The number of amides is 1. The van der Waals surface area contributed by atoms with Crippen LogP contribution in [0.25, 0.3) is 0 Å². The van der Waals surface area contributed by atoms with Gasteiger partial charge in [0.25, 0.3) is 5.91 Å². The summed E-state index contributed by atoms with van der Waals surface area (Å²) in [4.78, 5) is 19.7. The van der Waals surface area contributed by atoms with Gasteiger partial charge >= 0.3 is 0 Å². The molecule has 1 N–H and O–H groups in total. The maximum Gasteiger partial charge on any atom is 0.251 e. The highest BCUT2D eigenvalue weighted by molar-refractivity contribution is 7.99. The van der Waals surface area contributed by atoms with Crippen LogP contribution in [0.4, 0.5) is 5.69 Å². The molecule has 1 saturated carbocycles. The molecule has 0 unspecified atom stereocenters. The largest absolute Gasteiger partial charge is 0.461 e. The van der Waals surface area contributed by atoms with Crippen LogP contribution in [0.3, 0.4) is 0 Å². The number of nitrogens with one attached hydrogen (secondary N) is 1. The van der Waals surface area contributed by atoms with Gasteiger partial charge in [-0.25, -0.2) is 4.99 Å². The lowest BCUT2D eigenvalue weighted by Gasteiger charge is -2.22. The first kappa shape index (κ1) is 19.5. The highest BCUT2D eigenvalue weighted by atomic mass is 35.5. The molecule has 0 spiro atoms. The summed E-state index contributed by atoms with van der Waals surface area (Å²) in [5.41, 5.74) is 2.99. The zero-order valence-corrected chi connectivity index (χ0v) is 17.9. The Balaban J connectivity index is 1.52. The molecule has 1 aliphatic heterocycles. The quantitative estimate of drug-likeness (QED) is 0.392. The van der Waals surface area contributed by atoms with Crippen molar-refractivity contribution in [1.82, 2.24) is 5.32 Å². The van der Waals surface area contributed by atoms with Gasteiger partial charge in [-0.1, -0.05) is 54.8 Å². The number of furan rings is 1. The molecule has 2 aromatic carbocycles. The molecule has 3 aromatic rings. The molecule has 5 rings (SSSR count). The highest BCUT2D eigenvalue weighted by Crippen LogP contribution is 2.42. The minimum absolute atomic E-state index is 0.0323. The fourth-order valence-corrected chi connectivity index (χ4v) is 5.15. The first-order valence-corrected chi connectivity index (χ1v) is 11.4. The van der Waals surface area contributed by atoms with Crippen LogP contribution in [0.5, 0.6) is 0 Å². The predicted molar refractivity (Wildman–Crippen MR) is 120 cm³/mol. The molecule has 0 radical (unpaired) electrons. The Bertz CT molecular complexity index is 1130. The number of halogens is 1. The Morgan fingerprint density at radius 3 is 2.77 bits per heavy atom. The normalized spacial score (nSPS) is 16.2. The van der Waals surface area contributed by atoms with Gasteiger partial charge < -0.3 is 9.73 Å². The second-order valence-electron chi connectivity index (χ2n) is 7.68. The van der Waals surface area contributed by atoms with E-state index < -0.39 is 0 Å².